The fourth-order valence-electron chi connectivity index (χ4n) is 5.66. The number of anilines is 1. The second-order valence-corrected chi connectivity index (χ2v) is 12.1. The standard InChI is InChI=1S/C33H36Cl2FN7O5/c1-42-26-10-14-43(13-4-11-36)18-25(26)39-31(42)32(47)40-24-6-3-5-22(28(24)34)30-29(35)21(9-12-38-30)23-8-7-19(33(41-23)48-2)16-37-17-20(44)15-27(45)46/h3,5-9,12,20,37,44H,4,10-11,13-18H2,1-2H3,(H,40,47)(H,45,46)/t20-/m0/s1. The number of rotatable bonds is 14. The third-order valence-corrected chi connectivity index (χ3v) is 8.84. The van der Waals surface area contributed by atoms with Crippen molar-refractivity contribution in [2.75, 3.05) is 38.7 Å². The Balaban J connectivity index is 1.34. The lowest BCUT2D eigenvalue weighted by Gasteiger charge is -2.26. The minimum Gasteiger partial charge on any atom is -0.481 e. The maximum absolute atomic E-state index is 13.4. The lowest BCUT2D eigenvalue weighted by Crippen LogP contribution is -2.32. The minimum atomic E-state index is -1.08. The summed E-state index contributed by atoms with van der Waals surface area (Å²) >= 11 is 13.8. The molecule has 0 fully saturated rings. The van der Waals surface area contributed by atoms with E-state index >= 15 is 0 Å². The molecule has 4 N–H and O–H groups in total. The van der Waals surface area contributed by atoms with Crippen molar-refractivity contribution < 1.29 is 28.9 Å². The largest absolute Gasteiger partial charge is 0.481 e. The number of aliphatic hydroxyl groups excluding tert-OH is 1. The Hall–Kier alpha value is -4.14. The Labute approximate surface area is 286 Å². The number of hydrogen-bond donors (Lipinski definition) is 4. The number of alkyl halides is 1. The van der Waals surface area contributed by atoms with E-state index in [0.29, 0.717) is 65.6 Å². The summed E-state index contributed by atoms with van der Waals surface area (Å²) in [7, 11) is 3.29. The molecule has 0 bridgehead atoms. The average Bonchev–Trinajstić information content (AvgIpc) is 3.40. The van der Waals surface area contributed by atoms with E-state index in [0.717, 1.165) is 17.9 Å². The molecule has 3 aromatic heterocycles. The molecule has 1 aliphatic rings. The number of carboxylic acids is 1. The van der Waals surface area contributed by atoms with Crippen LogP contribution in [0.4, 0.5) is 10.1 Å². The smallest absolute Gasteiger partial charge is 0.306 e. The number of carbonyl (C=O) groups excluding carboxylic acids is 1. The van der Waals surface area contributed by atoms with Gasteiger partial charge in [-0.25, -0.2) is 9.97 Å². The summed E-state index contributed by atoms with van der Waals surface area (Å²) in [6, 6.07) is 10.5. The number of carbonyl (C=O) groups is 2. The van der Waals surface area contributed by atoms with Gasteiger partial charge >= 0.3 is 5.97 Å². The van der Waals surface area contributed by atoms with Gasteiger partial charge in [0, 0.05) is 74.8 Å². The van der Waals surface area contributed by atoms with Crippen LogP contribution in [-0.4, -0.2) is 86.0 Å². The van der Waals surface area contributed by atoms with Crippen LogP contribution >= 0.6 is 23.2 Å². The van der Waals surface area contributed by atoms with E-state index in [-0.39, 0.29) is 42.1 Å². The van der Waals surface area contributed by atoms with Gasteiger partial charge in [0.25, 0.3) is 5.91 Å². The van der Waals surface area contributed by atoms with Gasteiger partial charge in [0.15, 0.2) is 5.82 Å². The third-order valence-electron chi connectivity index (χ3n) is 8.05. The van der Waals surface area contributed by atoms with Gasteiger partial charge in [0.05, 0.1) is 59.1 Å². The lowest BCUT2D eigenvalue weighted by molar-refractivity contribution is -0.139. The van der Waals surface area contributed by atoms with Crippen LogP contribution in [0, 0.1) is 0 Å². The Bertz CT molecular complexity index is 1800. The van der Waals surface area contributed by atoms with Gasteiger partial charge in [-0.1, -0.05) is 41.4 Å². The predicted molar refractivity (Wildman–Crippen MR) is 180 cm³/mol. The first-order valence-electron chi connectivity index (χ1n) is 15.3. The van der Waals surface area contributed by atoms with Crippen molar-refractivity contribution in [3.8, 4) is 28.4 Å². The van der Waals surface area contributed by atoms with Crippen LogP contribution < -0.4 is 15.4 Å². The number of nitrogens with one attached hydrogen (secondary N) is 2. The van der Waals surface area contributed by atoms with Gasteiger partial charge in [-0.3, -0.25) is 23.9 Å². The number of ether oxygens (including phenoxy) is 1. The highest BCUT2D eigenvalue weighted by Crippen LogP contribution is 2.40. The zero-order valence-electron chi connectivity index (χ0n) is 26.5. The molecular weight excluding hydrogens is 664 g/mol. The molecule has 0 radical (unpaired) electrons. The van der Waals surface area contributed by atoms with Crippen LogP contribution in [0.3, 0.4) is 0 Å². The number of amides is 1. The maximum Gasteiger partial charge on any atom is 0.306 e. The van der Waals surface area contributed by atoms with Crippen molar-refractivity contribution in [2.45, 2.75) is 38.5 Å². The van der Waals surface area contributed by atoms with Crippen molar-refractivity contribution in [1.82, 2.24) is 29.7 Å². The normalized spacial score (nSPS) is 13.6. The summed E-state index contributed by atoms with van der Waals surface area (Å²) < 4.78 is 20.0. The fraction of sp³-hybridized carbons (Fsp3) is 0.364. The van der Waals surface area contributed by atoms with Crippen LogP contribution in [0.2, 0.25) is 10.0 Å². The summed E-state index contributed by atoms with van der Waals surface area (Å²) in [5.41, 5.74) is 4.81. The number of halogens is 3. The van der Waals surface area contributed by atoms with Crippen LogP contribution in [0.15, 0.2) is 42.6 Å². The van der Waals surface area contributed by atoms with E-state index in [2.05, 4.69) is 30.5 Å². The zero-order valence-corrected chi connectivity index (χ0v) is 28.0. The highest BCUT2D eigenvalue weighted by Gasteiger charge is 2.26. The van der Waals surface area contributed by atoms with E-state index in [1.54, 1.807) is 47.2 Å². The molecule has 4 aromatic rings. The Kier molecular flexibility index (Phi) is 11.6. The monoisotopic (exact) mass is 699 g/mol. The minimum absolute atomic E-state index is 0.0855. The number of benzene rings is 1. The second-order valence-electron chi connectivity index (χ2n) is 11.3. The van der Waals surface area contributed by atoms with Gasteiger partial charge in [0.1, 0.15) is 0 Å². The van der Waals surface area contributed by atoms with Crippen LogP contribution in [0.5, 0.6) is 5.88 Å². The first-order chi connectivity index (χ1) is 23.1. The first kappa shape index (κ1) is 35.2. The molecule has 1 atom stereocenters. The molecule has 4 heterocycles. The van der Waals surface area contributed by atoms with Gasteiger partial charge in [-0.2, -0.15) is 0 Å². The van der Waals surface area contributed by atoms with Crippen LogP contribution in [-0.2, 0) is 31.4 Å². The number of pyridine rings is 2. The molecule has 0 spiro atoms. The van der Waals surface area contributed by atoms with Gasteiger partial charge < -0.3 is 30.2 Å². The topological polar surface area (TPSA) is 155 Å². The third kappa shape index (κ3) is 7.93. The fourth-order valence-corrected chi connectivity index (χ4v) is 6.23. The number of methoxy groups -OCH3 is 1. The molecule has 1 amide bonds. The molecular formula is C33H36Cl2FN7O5. The summed E-state index contributed by atoms with van der Waals surface area (Å²) in [4.78, 5) is 40.1. The van der Waals surface area contributed by atoms with Gasteiger partial charge in [0.2, 0.25) is 5.88 Å². The number of hydrogen-bond acceptors (Lipinski definition) is 9. The molecule has 48 heavy (non-hydrogen) atoms. The average molecular weight is 701 g/mol. The molecule has 5 rings (SSSR count). The van der Waals surface area contributed by atoms with Crippen molar-refractivity contribution in [2.24, 2.45) is 7.05 Å². The maximum atomic E-state index is 13.4. The Morgan fingerprint density at radius 1 is 1.12 bits per heavy atom. The van der Waals surface area contributed by atoms with E-state index in [4.69, 9.17) is 33.0 Å². The number of nitrogens with zero attached hydrogens (tertiary/aromatic N) is 5. The Morgan fingerprint density at radius 3 is 2.69 bits per heavy atom. The first-order valence-corrected chi connectivity index (χ1v) is 16.1. The van der Waals surface area contributed by atoms with Crippen LogP contribution in [0.1, 0.15) is 40.4 Å². The number of carboxylic acid groups (broad SMARTS) is 1. The quantitative estimate of drug-likeness (QED) is 0.145. The predicted octanol–water partition coefficient (Wildman–Crippen LogP) is 4.75. The van der Waals surface area contributed by atoms with Crippen LogP contribution in [0.25, 0.3) is 22.5 Å². The van der Waals surface area contributed by atoms with Crippen molar-refractivity contribution in [1.29, 1.82) is 0 Å². The highest BCUT2D eigenvalue weighted by atomic mass is 35.5. The summed E-state index contributed by atoms with van der Waals surface area (Å²) in [5.74, 6) is -0.922. The number of imidazole rings is 1. The van der Waals surface area contributed by atoms with Gasteiger partial charge in [-0.05, 0) is 24.6 Å². The lowest BCUT2D eigenvalue weighted by atomic mass is 10.1. The van der Waals surface area contributed by atoms with Crippen molar-refractivity contribution >= 4 is 40.8 Å². The summed E-state index contributed by atoms with van der Waals surface area (Å²) in [5, 5.41) is 25.1. The molecule has 0 aliphatic carbocycles. The molecule has 15 heteroatoms. The van der Waals surface area contributed by atoms with E-state index in [9.17, 15) is 19.1 Å². The van der Waals surface area contributed by atoms with E-state index in [1.807, 2.05) is 7.05 Å². The van der Waals surface area contributed by atoms with Crippen molar-refractivity contribution in [3.05, 3.63) is 75.4 Å². The molecule has 1 aromatic carbocycles. The summed E-state index contributed by atoms with van der Waals surface area (Å²) in [6.07, 6.45) is 1.37. The molecule has 254 valence electrons. The molecule has 0 unspecified atom stereocenters. The SMILES string of the molecule is COc1nc(-c2ccnc(-c3cccc(NC(=O)c4nc5c(n4C)CCN(CCCF)C5)c3Cl)c2Cl)ccc1CNC[C@@H](O)CC(=O)O. The molecule has 12 nitrogen and oxygen atoms in total. The number of fused-ring (bicyclic) bond motifs is 1. The molecule has 0 saturated heterocycles. The number of aliphatic hydroxyl groups is 1. The number of aliphatic carboxylic acids is 1. The zero-order chi connectivity index (χ0) is 34.4. The number of aromatic nitrogens is 4. The Morgan fingerprint density at radius 2 is 1.94 bits per heavy atom. The molecule has 1 aliphatic heterocycles. The second kappa shape index (κ2) is 15.8. The van der Waals surface area contributed by atoms with Crippen molar-refractivity contribution in [3.63, 3.8) is 0 Å². The summed E-state index contributed by atoms with van der Waals surface area (Å²) in [6.45, 7) is 1.99. The highest BCUT2D eigenvalue weighted by molar-refractivity contribution is 6.39. The van der Waals surface area contributed by atoms with E-state index in [1.165, 1.54) is 7.11 Å². The molecule has 0 saturated carbocycles. The van der Waals surface area contributed by atoms with E-state index < -0.39 is 18.0 Å². The van der Waals surface area contributed by atoms with Gasteiger partial charge in [-0.15, -0.1) is 0 Å².